The third-order valence-corrected chi connectivity index (χ3v) is 3.80. The number of ether oxygens (including phenoxy) is 1. The van der Waals surface area contributed by atoms with Crippen LogP contribution in [0.15, 0.2) is 30.3 Å². The molecule has 2 N–H and O–H groups in total. The Morgan fingerprint density at radius 2 is 1.90 bits per heavy atom. The first kappa shape index (κ1) is 14.0. The normalized spacial score (nSPS) is 12.7. The fourth-order valence-corrected chi connectivity index (χ4v) is 2.66. The standard InChI is InChI=1S/C15H11Cl2NO3/c16-11-6-10(7-12(17)14(11)19)18-15(20)9-1-2-13-8(5-9)3-4-21-13/h1-2,5-7,19H,3-4H2,(H,18,20). The number of phenols is 1. The number of aromatic hydroxyl groups is 1. The Bertz CT molecular complexity index is 708. The second-order valence-electron chi connectivity index (χ2n) is 4.66. The number of carbonyl (C=O) groups is 1. The molecule has 1 aliphatic rings. The first-order chi connectivity index (χ1) is 10.0. The number of anilines is 1. The smallest absolute Gasteiger partial charge is 0.255 e. The van der Waals surface area contributed by atoms with E-state index in [1.54, 1.807) is 18.2 Å². The fourth-order valence-electron chi connectivity index (χ4n) is 2.17. The summed E-state index contributed by atoms with van der Waals surface area (Å²) in [7, 11) is 0. The van der Waals surface area contributed by atoms with Crippen molar-refractivity contribution >= 4 is 34.8 Å². The molecule has 6 heteroatoms. The molecule has 2 aromatic carbocycles. The molecule has 4 nitrogen and oxygen atoms in total. The molecule has 0 saturated carbocycles. The van der Waals surface area contributed by atoms with Gasteiger partial charge in [-0.05, 0) is 35.9 Å². The van der Waals surface area contributed by atoms with Crippen molar-refractivity contribution in [3.05, 3.63) is 51.5 Å². The van der Waals surface area contributed by atoms with Crippen LogP contribution in [0.25, 0.3) is 0 Å². The van der Waals surface area contributed by atoms with Crippen LogP contribution in [0.3, 0.4) is 0 Å². The second kappa shape index (κ2) is 5.47. The topological polar surface area (TPSA) is 58.6 Å². The molecule has 21 heavy (non-hydrogen) atoms. The van der Waals surface area contributed by atoms with E-state index in [1.165, 1.54) is 12.1 Å². The van der Waals surface area contributed by atoms with Crippen LogP contribution in [0, 0.1) is 0 Å². The molecule has 108 valence electrons. The number of fused-ring (bicyclic) bond motifs is 1. The van der Waals surface area contributed by atoms with E-state index in [0.717, 1.165) is 17.7 Å². The van der Waals surface area contributed by atoms with Crippen molar-refractivity contribution in [2.45, 2.75) is 6.42 Å². The first-order valence-corrected chi connectivity index (χ1v) is 7.05. The summed E-state index contributed by atoms with van der Waals surface area (Å²) >= 11 is 11.6. The number of benzene rings is 2. The monoisotopic (exact) mass is 323 g/mol. The van der Waals surface area contributed by atoms with E-state index >= 15 is 0 Å². The number of carbonyl (C=O) groups excluding carboxylic acids is 1. The van der Waals surface area contributed by atoms with Gasteiger partial charge >= 0.3 is 0 Å². The summed E-state index contributed by atoms with van der Waals surface area (Å²) in [6.07, 6.45) is 0.799. The predicted molar refractivity (Wildman–Crippen MR) is 81.7 cm³/mol. The lowest BCUT2D eigenvalue weighted by molar-refractivity contribution is 0.102. The van der Waals surface area contributed by atoms with Crippen molar-refractivity contribution < 1.29 is 14.6 Å². The number of hydrogen-bond donors (Lipinski definition) is 2. The molecule has 0 aromatic heterocycles. The maximum Gasteiger partial charge on any atom is 0.255 e. The maximum atomic E-state index is 12.2. The van der Waals surface area contributed by atoms with Gasteiger partial charge in [0.25, 0.3) is 5.91 Å². The molecule has 1 heterocycles. The van der Waals surface area contributed by atoms with Gasteiger partial charge in [0, 0.05) is 17.7 Å². The number of phenolic OH excluding ortho intramolecular Hbond substituents is 1. The van der Waals surface area contributed by atoms with E-state index in [2.05, 4.69) is 5.32 Å². The SMILES string of the molecule is O=C(Nc1cc(Cl)c(O)c(Cl)c1)c1ccc2c(c1)CCO2. The Labute approximate surface area is 131 Å². The Hall–Kier alpha value is -1.91. The van der Waals surface area contributed by atoms with E-state index in [9.17, 15) is 9.90 Å². The molecule has 0 aliphatic carbocycles. The Morgan fingerprint density at radius 1 is 1.19 bits per heavy atom. The molecule has 1 aliphatic heterocycles. The van der Waals surface area contributed by atoms with Gasteiger partial charge in [-0.15, -0.1) is 0 Å². The lowest BCUT2D eigenvalue weighted by Crippen LogP contribution is -2.12. The van der Waals surface area contributed by atoms with Gasteiger partial charge in [0.2, 0.25) is 0 Å². The molecule has 2 aromatic rings. The minimum Gasteiger partial charge on any atom is -0.505 e. The first-order valence-electron chi connectivity index (χ1n) is 6.29. The summed E-state index contributed by atoms with van der Waals surface area (Å²) in [4.78, 5) is 12.2. The van der Waals surface area contributed by atoms with Gasteiger partial charge < -0.3 is 15.2 Å². The average Bonchev–Trinajstić information content (AvgIpc) is 2.91. The largest absolute Gasteiger partial charge is 0.505 e. The van der Waals surface area contributed by atoms with Gasteiger partial charge in [0.05, 0.1) is 16.7 Å². The van der Waals surface area contributed by atoms with Crippen LogP contribution in [0.4, 0.5) is 5.69 Å². The summed E-state index contributed by atoms with van der Waals surface area (Å²) < 4.78 is 5.40. The van der Waals surface area contributed by atoms with Crippen LogP contribution in [0.2, 0.25) is 10.0 Å². The van der Waals surface area contributed by atoms with Crippen LogP contribution in [-0.4, -0.2) is 17.6 Å². The minimum atomic E-state index is -0.275. The molecular weight excluding hydrogens is 313 g/mol. The van der Waals surface area contributed by atoms with Crippen LogP contribution >= 0.6 is 23.2 Å². The van der Waals surface area contributed by atoms with Crippen molar-refractivity contribution in [3.63, 3.8) is 0 Å². The van der Waals surface area contributed by atoms with E-state index in [-0.39, 0.29) is 21.7 Å². The third kappa shape index (κ3) is 2.77. The van der Waals surface area contributed by atoms with Crippen LogP contribution in [0.5, 0.6) is 11.5 Å². The summed E-state index contributed by atoms with van der Waals surface area (Å²) in [5.74, 6) is 0.343. The highest BCUT2D eigenvalue weighted by Crippen LogP contribution is 2.35. The number of hydrogen-bond acceptors (Lipinski definition) is 3. The van der Waals surface area contributed by atoms with Crippen LogP contribution < -0.4 is 10.1 Å². The average molecular weight is 324 g/mol. The van der Waals surface area contributed by atoms with Gasteiger partial charge in [0.1, 0.15) is 5.75 Å². The zero-order chi connectivity index (χ0) is 15.0. The Balaban J connectivity index is 1.83. The van der Waals surface area contributed by atoms with Crippen molar-refractivity contribution in [2.75, 3.05) is 11.9 Å². The third-order valence-electron chi connectivity index (χ3n) is 3.23. The highest BCUT2D eigenvalue weighted by molar-refractivity contribution is 6.37. The number of rotatable bonds is 2. The van der Waals surface area contributed by atoms with E-state index in [4.69, 9.17) is 27.9 Å². The molecule has 1 amide bonds. The maximum absolute atomic E-state index is 12.2. The molecule has 0 atom stereocenters. The molecule has 0 unspecified atom stereocenters. The fraction of sp³-hybridized carbons (Fsp3) is 0.133. The van der Waals surface area contributed by atoms with Gasteiger partial charge in [0.15, 0.2) is 5.75 Å². The van der Waals surface area contributed by atoms with Crippen LogP contribution in [0.1, 0.15) is 15.9 Å². The highest BCUT2D eigenvalue weighted by Gasteiger charge is 2.16. The summed E-state index contributed by atoms with van der Waals surface area (Å²) in [6.45, 7) is 0.642. The van der Waals surface area contributed by atoms with Crippen LogP contribution in [-0.2, 0) is 6.42 Å². The van der Waals surface area contributed by atoms with Crippen molar-refractivity contribution in [1.82, 2.24) is 0 Å². The zero-order valence-corrected chi connectivity index (χ0v) is 12.3. The van der Waals surface area contributed by atoms with Crippen molar-refractivity contribution in [1.29, 1.82) is 0 Å². The molecule has 0 spiro atoms. The van der Waals surface area contributed by atoms with E-state index in [1.807, 2.05) is 0 Å². The predicted octanol–water partition coefficient (Wildman–Crippen LogP) is 3.89. The second-order valence-corrected chi connectivity index (χ2v) is 5.48. The molecular formula is C15H11Cl2NO3. The number of nitrogens with one attached hydrogen (secondary N) is 1. The molecule has 0 radical (unpaired) electrons. The Kier molecular flexibility index (Phi) is 3.66. The highest BCUT2D eigenvalue weighted by atomic mass is 35.5. The molecule has 3 rings (SSSR count). The molecule has 0 fully saturated rings. The summed E-state index contributed by atoms with van der Waals surface area (Å²) in [5.41, 5.74) is 1.97. The van der Waals surface area contributed by atoms with E-state index < -0.39 is 0 Å². The van der Waals surface area contributed by atoms with E-state index in [0.29, 0.717) is 17.9 Å². The quantitative estimate of drug-likeness (QED) is 0.824. The van der Waals surface area contributed by atoms with Gasteiger partial charge in [-0.2, -0.15) is 0 Å². The van der Waals surface area contributed by atoms with Crippen molar-refractivity contribution in [2.24, 2.45) is 0 Å². The van der Waals surface area contributed by atoms with Gasteiger partial charge in [-0.25, -0.2) is 0 Å². The summed E-state index contributed by atoms with van der Waals surface area (Å²) in [6, 6.07) is 8.17. The number of amides is 1. The molecule has 0 saturated heterocycles. The molecule has 0 bridgehead atoms. The lowest BCUT2D eigenvalue weighted by Gasteiger charge is -2.08. The van der Waals surface area contributed by atoms with Gasteiger partial charge in [-0.3, -0.25) is 4.79 Å². The number of halogens is 2. The summed E-state index contributed by atoms with van der Waals surface area (Å²) in [5, 5.41) is 12.4. The Morgan fingerprint density at radius 3 is 2.62 bits per heavy atom. The van der Waals surface area contributed by atoms with Crippen molar-refractivity contribution in [3.8, 4) is 11.5 Å². The lowest BCUT2D eigenvalue weighted by atomic mass is 10.1. The zero-order valence-electron chi connectivity index (χ0n) is 10.8. The minimum absolute atomic E-state index is 0.0835. The van der Waals surface area contributed by atoms with Gasteiger partial charge in [-0.1, -0.05) is 23.2 Å².